The standard InChI is InChI=1S/C15H16N4OS/c1-19(2)12-6-4-3-5-10(12)16-9-13-17-11-7-8-21-14(11)15(20)18-13/h3-8,16H,9H2,1-2H3,(H,17,18,20). The van der Waals surface area contributed by atoms with Crippen LogP contribution in [0.3, 0.4) is 0 Å². The minimum absolute atomic E-state index is 0.0762. The molecule has 0 bridgehead atoms. The second-order valence-electron chi connectivity index (χ2n) is 4.91. The number of benzene rings is 1. The first kappa shape index (κ1) is 13.6. The number of hydrogen-bond donors (Lipinski definition) is 2. The van der Waals surface area contributed by atoms with Crippen LogP contribution in [0.25, 0.3) is 10.2 Å². The lowest BCUT2D eigenvalue weighted by Gasteiger charge is -2.18. The zero-order valence-electron chi connectivity index (χ0n) is 11.9. The van der Waals surface area contributed by atoms with Crippen molar-refractivity contribution >= 4 is 32.9 Å². The maximum Gasteiger partial charge on any atom is 0.268 e. The Balaban J connectivity index is 1.85. The summed E-state index contributed by atoms with van der Waals surface area (Å²) in [6.07, 6.45) is 0. The predicted octanol–water partition coefficient (Wildman–Crippen LogP) is 2.66. The predicted molar refractivity (Wildman–Crippen MR) is 88.3 cm³/mol. The number of nitrogens with zero attached hydrogens (tertiary/aromatic N) is 2. The number of aromatic amines is 1. The van der Waals surface area contributed by atoms with Crippen molar-refractivity contribution in [1.82, 2.24) is 9.97 Å². The molecule has 0 radical (unpaired) electrons. The van der Waals surface area contributed by atoms with Crippen LogP contribution in [0.5, 0.6) is 0 Å². The molecule has 0 aliphatic rings. The van der Waals surface area contributed by atoms with Crippen molar-refractivity contribution in [2.75, 3.05) is 24.3 Å². The number of rotatable bonds is 4. The molecule has 0 saturated heterocycles. The average Bonchev–Trinajstić information content (AvgIpc) is 2.94. The first-order valence-corrected chi connectivity index (χ1v) is 7.50. The SMILES string of the molecule is CN(C)c1ccccc1NCc1nc2ccsc2c(=O)[nH]1. The molecule has 3 rings (SSSR count). The smallest absolute Gasteiger partial charge is 0.268 e. The van der Waals surface area contributed by atoms with E-state index in [9.17, 15) is 4.79 Å². The van der Waals surface area contributed by atoms with Crippen LogP contribution in [0.2, 0.25) is 0 Å². The first-order chi connectivity index (χ1) is 10.1. The molecule has 0 amide bonds. The molecule has 1 aromatic carbocycles. The van der Waals surface area contributed by atoms with Gasteiger partial charge in [0.15, 0.2) is 0 Å². The van der Waals surface area contributed by atoms with Gasteiger partial charge in [-0.15, -0.1) is 11.3 Å². The summed E-state index contributed by atoms with van der Waals surface area (Å²) < 4.78 is 0.674. The molecular formula is C15H16N4OS. The van der Waals surface area contributed by atoms with E-state index in [0.29, 0.717) is 17.1 Å². The van der Waals surface area contributed by atoms with E-state index in [0.717, 1.165) is 16.9 Å². The number of thiophene rings is 1. The average molecular weight is 300 g/mol. The van der Waals surface area contributed by atoms with Crippen molar-refractivity contribution in [1.29, 1.82) is 0 Å². The fourth-order valence-corrected chi connectivity index (χ4v) is 2.92. The minimum Gasteiger partial charge on any atom is -0.376 e. The third kappa shape index (κ3) is 2.75. The Morgan fingerprint density at radius 2 is 2.10 bits per heavy atom. The maximum absolute atomic E-state index is 11.9. The van der Waals surface area contributed by atoms with E-state index in [1.807, 2.05) is 54.7 Å². The third-order valence-corrected chi connectivity index (χ3v) is 4.10. The van der Waals surface area contributed by atoms with Crippen molar-refractivity contribution in [2.24, 2.45) is 0 Å². The normalized spacial score (nSPS) is 10.8. The maximum atomic E-state index is 11.9. The summed E-state index contributed by atoms with van der Waals surface area (Å²) in [4.78, 5) is 21.3. The van der Waals surface area contributed by atoms with Gasteiger partial charge in [-0.2, -0.15) is 0 Å². The van der Waals surface area contributed by atoms with Crippen LogP contribution in [0.1, 0.15) is 5.82 Å². The lowest BCUT2D eigenvalue weighted by Crippen LogP contribution is -2.15. The quantitative estimate of drug-likeness (QED) is 0.777. The largest absolute Gasteiger partial charge is 0.376 e. The molecule has 108 valence electrons. The topological polar surface area (TPSA) is 61.0 Å². The van der Waals surface area contributed by atoms with Gasteiger partial charge in [-0.1, -0.05) is 12.1 Å². The van der Waals surface area contributed by atoms with Crippen molar-refractivity contribution in [3.05, 3.63) is 51.9 Å². The number of hydrogen-bond acceptors (Lipinski definition) is 5. The van der Waals surface area contributed by atoms with Gasteiger partial charge in [0.2, 0.25) is 0 Å². The van der Waals surface area contributed by atoms with Crippen LogP contribution in [-0.4, -0.2) is 24.1 Å². The number of anilines is 2. The molecule has 0 fully saturated rings. The molecule has 0 aliphatic heterocycles. The lowest BCUT2D eigenvalue weighted by molar-refractivity contribution is 0.953. The molecule has 3 aromatic rings. The van der Waals surface area contributed by atoms with Gasteiger partial charge in [-0.3, -0.25) is 4.79 Å². The summed E-state index contributed by atoms with van der Waals surface area (Å²) in [5.41, 5.74) is 2.78. The molecule has 0 saturated carbocycles. The van der Waals surface area contributed by atoms with Gasteiger partial charge in [0.1, 0.15) is 10.5 Å². The number of aromatic nitrogens is 2. The summed E-state index contributed by atoms with van der Waals surface area (Å²) in [6.45, 7) is 0.478. The molecule has 0 unspecified atom stereocenters. The zero-order chi connectivity index (χ0) is 14.8. The van der Waals surface area contributed by atoms with Crippen LogP contribution in [0, 0.1) is 0 Å². The third-order valence-electron chi connectivity index (χ3n) is 3.20. The monoisotopic (exact) mass is 300 g/mol. The van der Waals surface area contributed by atoms with E-state index in [-0.39, 0.29) is 5.56 Å². The van der Waals surface area contributed by atoms with Crippen LogP contribution < -0.4 is 15.8 Å². The Morgan fingerprint density at radius 3 is 2.90 bits per heavy atom. The van der Waals surface area contributed by atoms with E-state index in [1.165, 1.54) is 11.3 Å². The van der Waals surface area contributed by atoms with E-state index in [4.69, 9.17) is 0 Å². The van der Waals surface area contributed by atoms with Gasteiger partial charge in [0.25, 0.3) is 5.56 Å². The summed E-state index contributed by atoms with van der Waals surface area (Å²) in [5, 5.41) is 5.20. The summed E-state index contributed by atoms with van der Waals surface area (Å²) in [7, 11) is 4.00. The fourth-order valence-electron chi connectivity index (χ4n) is 2.20. The molecule has 0 spiro atoms. The second kappa shape index (κ2) is 5.57. The second-order valence-corrected chi connectivity index (χ2v) is 5.83. The van der Waals surface area contributed by atoms with Crippen molar-refractivity contribution in [3.63, 3.8) is 0 Å². The Morgan fingerprint density at radius 1 is 1.29 bits per heavy atom. The highest BCUT2D eigenvalue weighted by Crippen LogP contribution is 2.23. The fraction of sp³-hybridized carbons (Fsp3) is 0.200. The van der Waals surface area contributed by atoms with E-state index in [1.54, 1.807) is 0 Å². The Bertz CT molecular complexity index is 822. The highest BCUT2D eigenvalue weighted by atomic mass is 32.1. The molecule has 21 heavy (non-hydrogen) atoms. The number of para-hydroxylation sites is 2. The van der Waals surface area contributed by atoms with E-state index < -0.39 is 0 Å². The summed E-state index contributed by atoms with van der Waals surface area (Å²) in [5.74, 6) is 0.638. The van der Waals surface area contributed by atoms with Gasteiger partial charge in [-0.25, -0.2) is 4.98 Å². The minimum atomic E-state index is -0.0762. The van der Waals surface area contributed by atoms with Crippen LogP contribution in [0.15, 0.2) is 40.5 Å². The summed E-state index contributed by atoms with van der Waals surface area (Å²) in [6, 6.07) is 9.90. The van der Waals surface area contributed by atoms with E-state index in [2.05, 4.69) is 15.3 Å². The van der Waals surface area contributed by atoms with Gasteiger partial charge in [-0.05, 0) is 23.6 Å². The lowest BCUT2D eigenvalue weighted by atomic mass is 10.2. The van der Waals surface area contributed by atoms with Gasteiger partial charge in [0.05, 0.1) is 23.4 Å². The van der Waals surface area contributed by atoms with Crippen LogP contribution in [-0.2, 0) is 6.54 Å². The molecule has 0 atom stereocenters. The number of fused-ring (bicyclic) bond motifs is 1. The first-order valence-electron chi connectivity index (χ1n) is 6.62. The van der Waals surface area contributed by atoms with Gasteiger partial charge in [0, 0.05) is 14.1 Å². The van der Waals surface area contributed by atoms with Crippen LogP contribution in [0.4, 0.5) is 11.4 Å². The van der Waals surface area contributed by atoms with Crippen molar-refractivity contribution in [3.8, 4) is 0 Å². The van der Waals surface area contributed by atoms with E-state index >= 15 is 0 Å². The van der Waals surface area contributed by atoms with Crippen LogP contribution >= 0.6 is 11.3 Å². The Kier molecular flexibility index (Phi) is 3.62. The number of nitrogens with one attached hydrogen (secondary N) is 2. The molecule has 0 aliphatic carbocycles. The van der Waals surface area contributed by atoms with Gasteiger partial charge >= 0.3 is 0 Å². The van der Waals surface area contributed by atoms with Crippen molar-refractivity contribution in [2.45, 2.75) is 6.54 Å². The zero-order valence-corrected chi connectivity index (χ0v) is 12.7. The molecule has 2 heterocycles. The number of H-pyrrole nitrogens is 1. The highest BCUT2D eigenvalue weighted by molar-refractivity contribution is 7.17. The molecular weight excluding hydrogens is 284 g/mol. The molecule has 6 heteroatoms. The molecule has 5 nitrogen and oxygen atoms in total. The Hall–Kier alpha value is -2.34. The summed E-state index contributed by atoms with van der Waals surface area (Å²) >= 11 is 1.41. The van der Waals surface area contributed by atoms with Crippen molar-refractivity contribution < 1.29 is 0 Å². The Labute approximate surface area is 126 Å². The van der Waals surface area contributed by atoms with Gasteiger partial charge < -0.3 is 15.2 Å². The highest BCUT2D eigenvalue weighted by Gasteiger charge is 2.07. The molecule has 2 aromatic heterocycles. The molecule has 2 N–H and O–H groups in total.